The van der Waals surface area contributed by atoms with Crippen LogP contribution in [0.1, 0.15) is 32.6 Å². The van der Waals surface area contributed by atoms with E-state index in [1.165, 1.54) is 31.3 Å². The van der Waals surface area contributed by atoms with Crippen molar-refractivity contribution in [2.45, 2.75) is 32.6 Å². The molecule has 0 bridgehead atoms. The summed E-state index contributed by atoms with van der Waals surface area (Å²) in [4.78, 5) is 14.6. The van der Waals surface area contributed by atoms with E-state index in [9.17, 15) is 4.79 Å². The number of carbonyl (C=O) groups is 1. The lowest BCUT2D eigenvalue weighted by molar-refractivity contribution is 0.181. The Balaban J connectivity index is 1.35. The van der Waals surface area contributed by atoms with Gasteiger partial charge in [-0.05, 0) is 67.6 Å². The van der Waals surface area contributed by atoms with Crippen molar-refractivity contribution in [3.8, 4) is 0 Å². The number of nitrogens with zero attached hydrogens (tertiary/aromatic N) is 1. The molecule has 1 fully saturated rings. The second-order valence-electron chi connectivity index (χ2n) is 7.20. The normalized spacial score (nSPS) is 18.2. The minimum Gasteiger partial charge on any atom is -0.338 e. The van der Waals surface area contributed by atoms with Crippen LogP contribution in [0.4, 0.5) is 10.5 Å². The monoisotopic (exact) mass is 339 g/mol. The summed E-state index contributed by atoms with van der Waals surface area (Å²) in [6.45, 7) is 6.68. The summed E-state index contributed by atoms with van der Waals surface area (Å²) < 4.78 is 0. The van der Waals surface area contributed by atoms with Gasteiger partial charge in [0, 0.05) is 18.8 Å². The van der Waals surface area contributed by atoms with Crippen molar-refractivity contribution in [2.75, 3.05) is 31.5 Å². The van der Waals surface area contributed by atoms with Gasteiger partial charge >= 0.3 is 6.03 Å². The predicted molar refractivity (Wildman–Crippen MR) is 105 cm³/mol. The van der Waals surface area contributed by atoms with Crippen LogP contribution >= 0.6 is 0 Å². The van der Waals surface area contributed by atoms with E-state index in [2.05, 4.69) is 34.6 Å². The summed E-state index contributed by atoms with van der Waals surface area (Å²) in [5.41, 5.74) is 0.832. The average Bonchev–Trinajstić information content (AvgIpc) is 2.61. The number of fused-ring (bicyclic) bond motifs is 1. The molecule has 2 amide bonds. The summed E-state index contributed by atoms with van der Waals surface area (Å²) in [7, 11) is 0. The van der Waals surface area contributed by atoms with Crippen molar-refractivity contribution in [1.29, 1.82) is 0 Å². The lowest BCUT2D eigenvalue weighted by Crippen LogP contribution is -2.35. The molecule has 0 radical (unpaired) electrons. The molecule has 1 aliphatic heterocycles. The predicted octanol–water partition coefficient (Wildman–Crippen LogP) is 4.47. The van der Waals surface area contributed by atoms with Crippen LogP contribution in [-0.4, -0.2) is 37.1 Å². The Labute approximate surface area is 150 Å². The van der Waals surface area contributed by atoms with E-state index in [-0.39, 0.29) is 6.03 Å². The number of urea groups is 1. The van der Waals surface area contributed by atoms with Crippen molar-refractivity contribution >= 4 is 22.5 Å². The van der Waals surface area contributed by atoms with Crippen molar-refractivity contribution < 1.29 is 4.79 Å². The Morgan fingerprint density at radius 3 is 2.84 bits per heavy atom. The molecule has 25 heavy (non-hydrogen) atoms. The van der Waals surface area contributed by atoms with Crippen LogP contribution in [0.5, 0.6) is 0 Å². The van der Waals surface area contributed by atoms with E-state index >= 15 is 0 Å². The molecule has 4 nitrogen and oxygen atoms in total. The van der Waals surface area contributed by atoms with Crippen molar-refractivity contribution in [3.63, 3.8) is 0 Å². The molecule has 1 aliphatic rings. The van der Waals surface area contributed by atoms with Gasteiger partial charge in [0.15, 0.2) is 0 Å². The summed E-state index contributed by atoms with van der Waals surface area (Å²) in [5, 5.41) is 8.19. The molecule has 0 saturated carbocycles. The largest absolute Gasteiger partial charge is 0.338 e. The molecule has 1 unspecified atom stereocenters. The molecule has 2 aromatic carbocycles. The first-order chi connectivity index (χ1) is 12.2. The number of anilines is 1. The number of nitrogens with one attached hydrogen (secondary N) is 2. The number of hydrogen-bond donors (Lipinski definition) is 2. The van der Waals surface area contributed by atoms with Gasteiger partial charge in [0.25, 0.3) is 0 Å². The number of benzene rings is 2. The van der Waals surface area contributed by atoms with Gasteiger partial charge in [0.2, 0.25) is 0 Å². The Hall–Kier alpha value is -2.07. The number of carbonyl (C=O) groups excluding carboxylic acids is 1. The van der Waals surface area contributed by atoms with Crippen LogP contribution in [0.25, 0.3) is 10.8 Å². The number of amides is 2. The van der Waals surface area contributed by atoms with Gasteiger partial charge in [-0.25, -0.2) is 4.79 Å². The smallest absolute Gasteiger partial charge is 0.319 e. The molecule has 2 N–H and O–H groups in total. The van der Waals surface area contributed by atoms with Crippen LogP contribution in [0.3, 0.4) is 0 Å². The van der Waals surface area contributed by atoms with E-state index in [1.54, 1.807) is 0 Å². The van der Waals surface area contributed by atoms with Crippen LogP contribution in [0, 0.1) is 5.92 Å². The number of likely N-dealkylation sites (tertiary alicyclic amines) is 1. The molecule has 1 heterocycles. The number of unbranched alkanes of at least 4 members (excludes halogenated alkanes) is 1. The lowest BCUT2D eigenvalue weighted by Gasteiger charge is -2.30. The highest BCUT2D eigenvalue weighted by Crippen LogP contribution is 2.18. The maximum absolute atomic E-state index is 12.0. The van der Waals surface area contributed by atoms with Gasteiger partial charge in [-0.3, -0.25) is 0 Å². The maximum atomic E-state index is 12.0. The van der Waals surface area contributed by atoms with E-state index in [4.69, 9.17) is 0 Å². The van der Waals surface area contributed by atoms with E-state index in [1.807, 2.05) is 30.3 Å². The zero-order valence-corrected chi connectivity index (χ0v) is 15.1. The van der Waals surface area contributed by atoms with E-state index < -0.39 is 0 Å². The fourth-order valence-electron chi connectivity index (χ4n) is 3.59. The first kappa shape index (κ1) is 17.7. The second-order valence-corrected chi connectivity index (χ2v) is 7.20. The third-order valence-corrected chi connectivity index (χ3v) is 4.94. The van der Waals surface area contributed by atoms with Gasteiger partial charge in [-0.2, -0.15) is 0 Å². The molecule has 4 heteroatoms. The second kappa shape index (κ2) is 8.86. The van der Waals surface area contributed by atoms with E-state index in [0.717, 1.165) is 42.9 Å². The van der Waals surface area contributed by atoms with Gasteiger partial charge in [0.05, 0.1) is 0 Å². The Morgan fingerprint density at radius 2 is 2.00 bits per heavy atom. The third-order valence-electron chi connectivity index (χ3n) is 4.94. The highest BCUT2D eigenvalue weighted by Gasteiger charge is 2.15. The zero-order valence-electron chi connectivity index (χ0n) is 15.1. The minimum atomic E-state index is -0.123. The fourth-order valence-corrected chi connectivity index (χ4v) is 3.59. The first-order valence-electron chi connectivity index (χ1n) is 9.47. The summed E-state index contributed by atoms with van der Waals surface area (Å²) in [6.07, 6.45) is 4.86. The van der Waals surface area contributed by atoms with Gasteiger partial charge in [-0.1, -0.05) is 37.3 Å². The van der Waals surface area contributed by atoms with Gasteiger partial charge in [-0.15, -0.1) is 0 Å². The van der Waals surface area contributed by atoms with Crippen LogP contribution in [0.15, 0.2) is 42.5 Å². The Morgan fingerprint density at radius 1 is 1.16 bits per heavy atom. The van der Waals surface area contributed by atoms with E-state index in [0.29, 0.717) is 0 Å². The third kappa shape index (κ3) is 5.46. The lowest BCUT2D eigenvalue weighted by atomic mass is 10.0. The maximum Gasteiger partial charge on any atom is 0.319 e. The summed E-state index contributed by atoms with van der Waals surface area (Å²) >= 11 is 0. The quantitative estimate of drug-likeness (QED) is 0.763. The van der Waals surface area contributed by atoms with Crippen molar-refractivity contribution in [1.82, 2.24) is 10.2 Å². The summed E-state index contributed by atoms with van der Waals surface area (Å²) in [6, 6.07) is 14.0. The topological polar surface area (TPSA) is 44.4 Å². The molecular weight excluding hydrogens is 310 g/mol. The molecule has 3 rings (SSSR count). The fraction of sp³-hybridized carbons (Fsp3) is 0.476. The number of piperidine rings is 1. The molecule has 0 aliphatic carbocycles. The Bertz CT molecular complexity index is 700. The molecular formula is C21H29N3O. The molecule has 2 aromatic rings. The Kier molecular flexibility index (Phi) is 6.29. The highest BCUT2D eigenvalue weighted by molar-refractivity contribution is 5.93. The molecule has 1 saturated heterocycles. The van der Waals surface area contributed by atoms with Crippen molar-refractivity contribution in [3.05, 3.63) is 42.5 Å². The zero-order chi connectivity index (χ0) is 17.5. The number of hydrogen-bond acceptors (Lipinski definition) is 2. The SMILES string of the molecule is CC1CCCN(CCCCNC(=O)Nc2ccc3ccccc3c2)C1. The first-order valence-corrected chi connectivity index (χ1v) is 9.47. The molecule has 134 valence electrons. The standard InChI is InChI=1S/C21H29N3O/c1-17-7-6-14-24(16-17)13-5-4-12-22-21(25)23-20-11-10-18-8-2-3-9-19(18)15-20/h2-3,8-11,15,17H,4-7,12-14,16H2,1H3,(H2,22,23,25). The average molecular weight is 339 g/mol. The van der Waals surface area contributed by atoms with Crippen LogP contribution in [-0.2, 0) is 0 Å². The molecule has 0 aromatic heterocycles. The van der Waals surface area contributed by atoms with Gasteiger partial charge in [0.1, 0.15) is 0 Å². The van der Waals surface area contributed by atoms with Crippen LogP contribution < -0.4 is 10.6 Å². The highest BCUT2D eigenvalue weighted by atomic mass is 16.2. The van der Waals surface area contributed by atoms with Crippen LogP contribution in [0.2, 0.25) is 0 Å². The van der Waals surface area contributed by atoms with Crippen molar-refractivity contribution in [2.24, 2.45) is 5.92 Å². The summed E-state index contributed by atoms with van der Waals surface area (Å²) in [5.74, 6) is 0.833. The minimum absolute atomic E-state index is 0.123. The number of rotatable bonds is 6. The van der Waals surface area contributed by atoms with Gasteiger partial charge < -0.3 is 15.5 Å². The molecule has 1 atom stereocenters. The molecule has 0 spiro atoms.